The lowest BCUT2D eigenvalue weighted by Gasteiger charge is -2.04. The van der Waals surface area contributed by atoms with Gasteiger partial charge in [-0.3, -0.25) is 0 Å². The topological polar surface area (TPSA) is 88.8 Å². The van der Waals surface area contributed by atoms with Gasteiger partial charge in [-0.1, -0.05) is 23.4 Å². The van der Waals surface area contributed by atoms with Crippen LogP contribution in [0, 0.1) is 13.8 Å². The molecule has 4 aromatic rings. The van der Waals surface area contributed by atoms with Gasteiger partial charge in [-0.05, 0) is 32.0 Å². The zero-order chi connectivity index (χ0) is 17.6. The molecule has 0 unspecified atom stereocenters. The third-order valence-electron chi connectivity index (χ3n) is 4.16. The molecule has 0 saturated carbocycles. The third kappa shape index (κ3) is 2.44. The van der Waals surface area contributed by atoms with Crippen LogP contribution in [0.25, 0.3) is 22.2 Å². The molecule has 0 amide bonds. The largest absolute Gasteiger partial charge is 0.361 e. The molecular formula is C18H15N3O3S. The Kier molecular flexibility index (Phi) is 3.47. The lowest BCUT2D eigenvalue weighted by Crippen LogP contribution is -2.00. The molecule has 7 heteroatoms. The van der Waals surface area contributed by atoms with Gasteiger partial charge in [0.15, 0.2) is 0 Å². The highest BCUT2D eigenvalue weighted by atomic mass is 32.2. The maximum atomic E-state index is 13.0. The summed E-state index contributed by atoms with van der Waals surface area (Å²) in [6.45, 7) is 3.66. The third-order valence-corrected chi connectivity index (χ3v) is 5.97. The Bertz CT molecular complexity index is 1160. The Morgan fingerprint density at radius 3 is 2.56 bits per heavy atom. The minimum absolute atomic E-state index is 0.204. The summed E-state index contributed by atoms with van der Waals surface area (Å²) in [5.41, 5.74) is 2.86. The molecule has 126 valence electrons. The number of aromatic nitrogens is 3. The lowest BCUT2D eigenvalue weighted by atomic mass is 10.1. The molecule has 3 heterocycles. The summed E-state index contributed by atoms with van der Waals surface area (Å²) in [5, 5.41) is 4.49. The normalized spacial score (nSPS) is 11.9. The van der Waals surface area contributed by atoms with E-state index in [2.05, 4.69) is 15.1 Å². The molecule has 0 bridgehead atoms. The van der Waals surface area contributed by atoms with Crippen LogP contribution < -0.4 is 0 Å². The van der Waals surface area contributed by atoms with Gasteiger partial charge in [0.2, 0.25) is 9.84 Å². The summed E-state index contributed by atoms with van der Waals surface area (Å²) >= 11 is 0. The fourth-order valence-corrected chi connectivity index (χ4v) is 4.39. The van der Waals surface area contributed by atoms with Crippen LogP contribution in [0.5, 0.6) is 0 Å². The summed E-state index contributed by atoms with van der Waals surface area (Å²) in [4.78, 5) is 7.75. The molecule has 1 N–H and O–H groups in total. The van der Waals surface area contributed by atoms with E-state index in [4.69, 9.17) is 4.52 Å². The Morgan fingerprint density at radius 1 is 1.12 bits per heavy atom. The summed E-state index contributed by atoms with van der Waals surface area (Å²) in [7, 11) is -3.64. The average molecular weight is 353 g/mol. The van der Waals surface area contributed by atoms with Gasteiger partial charge in [0.1, 0.15) is 11.4 Å². The number of nitrogens with zero attached hydrogens (tertiary/aromatic N) is 2. The van der Waals surface area contributed by atoms with Gasteiger partial charge in [-0.25, -0.2) is 13.4 Å². The number of hydrogen-bond acceptors (Lipinski definition) is 5. The molecule has 25 heavy (non-hydrogen) atoms. The predicted octanol–water partition coefficient (Wildman–Crippen LogP) is 3.67. The summed E-state index contributed by atoms with van der Waals surface area (Å²) < 4.78 is 31.1. The highest BCUT2D eigenvalue weighted by molar-refractivity contribution is 7.91. The fraction of sp³-hybridized carbons (Fsp3) is 0.111. The number of sulfone groups is 1. The first kappa shape index (κ1) is 15.6. The monoisotopic (exact) mass is 353 g/mol. The Labute approximate surface area is 144 Å². The van der Waals surface area contributed by atoms with Crippen molar-refractivity contribution in [2.45, 2.75) is 23.6 Å². The quantitative estimate of drug-likeness (QED) is 0.607. The number of fused-ring (bicyclic) bond motifs is 1. The second-order valence-electron chi connectivity index (χ2n) is 5.79. The minimum atomic E-state index is -3.64. The molecular weight excluding hydrogens is 338 g/mol. The zero-order valence-corrected chi connectivity index (χ0v) is 14.5. The second-order valence-corrected chi connectivity index (χ2v) is 7.71. The molecule has 0 aliphatic rings. The molecule has 1 aromatic carbocycles. The van der Waals surface area contributed by atoms with Crippen LogP contribution in [-0.4, -0.2) is 23.5 Å². The van der Waals surface area contributed by atoms with Crippen molar-refractivity contribution < 1.29 is 12.9 Å². The van der Waals surface area contributed by atoms with Crippen molar-refractivity contribution in [2.24, 2.45) is 0 Å². The summed E-state index contributed by atoms with van der Waals surface area (Å²) in [6.07, 6.45) is 3.17. The van der Waals surface area contributed by atoms with Crippen molar-refractivity contribution in [1.82, 2.24) is 15.1 Å². The molecule has 0 fully saturated rings. The van der Waals surface area contributed by atoms with Gasteiger partial charge in [0.05, 0.1) is 15.5 Å². The van der Waals surface area contributed by atoms with E-state index in [-0.39, 0.29) is 9.79 Å². The number of nitrogens with one attached hydrogen (secondary N) is 1. The first-order valence-corrected chi connectivity index (χ1v) is 9.17. The molecule has 0 aliphatic heterocycles. The van der Waals surface area contributed by atoms with Crippen molar-refractivity contribution in [2.75, 3.05) is 0 Å². The van der Waals surface area contributed by atoms with E-state index < -0.39 is 9.84 Å². The molecule has 0 radical (unpaired) electrons. The van der Waals surface area contributed by atoms with Gasteiger partial charge >= 0.3 is 0 Å². The number of H-pyrrole nitrogens is 1. The maximum absolute atomic E-state index is 13.0. The molecule has 6 nitrogen and oxygen atoms in total. The van der Waals surface area contributed by atoms with E-state index in [0.717, 1.165) is 16.8 Å². The first-order valence-electron chi connectivity index (χ1n) is 7.69. The van der Waals surface area contributed by atoms with Crippen molar-refractivity contribution in [3.8, 4) is 11.1 Å². The minimum Gasteiger partial charge on any atom is -0.361 e. The number of rotatable bonds is 3. The van der Waals surface area contributed by atoms with E-state index in [1.54, 1.807) is 42.6 Å². The van der Waals surface area contributed by atoms with Crippen LogP contribution in [0.4, 0.5) is 0 Å². The van der Waals surface area contributed by atoms with Crippen LogP contribution in [0.3, 0.4) is 0 Å². The molecule has 0 atom stereocenters. The number of hydrogen-bond donors (Lipinski definition) is 1. The zero-order valence-electron chi connectivity index (χ0n) is 13.6. The average Bonchev–Trinajstić information content (AvgIpc) is 3.18. The van der Waals surface area contributed by atoms with Gasteiger partial charge in [-0.2, -0.15) is 0 Å². The van der Waals surface area contributed by atoms with Crippen molar-refractivity contribution in [3.05, 3.63) is 60.2 Å². The molecule has 0 saturated heterocycles. The van der Waals surface area contributed by atoms with Crippen molar-refractivity contribution >= 4 is 20.9 Å². The highest BCUT2D eigenvalue weighted by Crippen LogP contribution is 2.32. The molecule has 4 rings (SSSR count). The number of pyridine rings is 1. The van der Waals surface area contributed by atoms with E-state index in [9.17, 15) is 8.42 Å². The Balaban J connectivity index is 1.94. The number of aromatic amines is 1. The summed E-state index contributed by atoms with van der Waals surface area (Å²) in [5.74, 6) is 0.668. The van der Waals surface area contributed by atoms with E-state index >= 15 is 0 Å². The van der Waals surface area contributed by atoms with Gasteiger partial charge in [-0.15, -0.1) is 0 Å². The first-order chi connectivity index (χ1) is 12.0. The van der Waals surface area contributed by atoms with Crippen LogP contribution in [0.1, 0.15) is 11.5 Å². The van der Waals surface area contributed by atoms with E-state index in [0.29, 0.717) is 16.8 Å². The van der Waals surface area contributed by atoms with Gasteiger partial charge in [0, 0.05) is 28.9 Å². The van der Waals surface area contributed by atoms with E-state index in [1.165, 1.54) is 6.20 Å². The van der Waals surface area contributed by atoms with Crippen LogP contribution in [0.15, 0.2) is 63.1 Å². The lowest BCUT2D eigenvalue weighted by molar-refractivity contribution is 0.393. The highest BCUT2D eigenvalue weighted by Gasteiger charge is 2.23. The Morgan fingerprint density at radius 2 is 1.88 bits per heavy atom. The molecule has 3 aromatic heterocycles. The molecule has 0 spiro atoms. The van der Waals surface area contributed by atoms with Crippen molar-refractivity contribution in [3.63, 3.8) is 0 Å². The SMILES string of the molecule is Cc1noc(C)c1-c1cnc2[nH]cc(S(=O)(=O)c3ccccc3)c2c1. The smallest absolute Gasteiger partial charge is 0.208 e. The fourth-order valence-electron chi connectivity index (χ4n) is 2.96. The van der Waals surface area contributed by atoms with Gasteiger partial charge in [0.25, 0.3) is 0 Å². The maximum Gasteiger partial charge on any atom is 0.208 e. The van der Waals surface area contributed by atoms with Crippen LogP contribution in [0.2, 0.25) is 0 Å². The van der Waals surface area contributed by atoms with Crippen LogP contribution in [-0.2, 0) is 9.84 Å². The number of aryl methyl sites for hydroxylation is 2. The van der Waals surface area contributed by atoms with Gasteiger partial charge < -0.3 is 9.51 Å². The Hall–Kier alpha value is -2.93. The standard InChI is InChI=1S/C18H15N3O3S/c1-11-17(12(2)24-21-11)13-8-15-16(10-20-18(15)19-9-13)25(22,23)14-6-4-3-5-7-14/h3-10H,1-2H3,(H,19,20). The molecule has 0 aliphatic carbocycles. The summed E-state index contributed by atoms with van der Waals surface area (Å²) in [6, 6.07) is 10.2. The van der Waals surface area contributed by atoms with Crippen molar-refractivity contribution in [1.29, 1.82) is 0 Å². The van der Waals surface area contributed by atoms with E-state index in [1.807, 2.05) is 13.8 Å². The van der Waals surface area contributed by atoms with Crippen LogP contribution >= 0.6 is 0 Å². The predicted molar refractivity (Wildman–Crippen MR) is 93.0 cm³/mol. The second kappa shape index (κ2) is 5.56. The number of benzene rings is 1.